The molecule has 1 N–H and O–H groups in total. The van der Waals surface area contributed by atoms with Gasteiger partial charge in [-0.3, -0.25) is 19.3 Å². The molecule has 5 nitrogen and oxygen atoms in total. The highest BCUT2D eigenvalue weighted by molar-refractivity contribution is 6.32. The monoisotopic (exact) mass is 342 g/mol. The molecule has 0 unspecified atom stereocenters. The molecule has 0 spiro atoms. The van der Waals surface area contributed by atoms with Crippen molar-refractivity contribution in [3.63, 3.8) is 0 Å². The van der Waals surface area contributed by atoms with Crippen molar-refractivity contribution in [3.05, 3.63) is 69.7 Å². The zero-order chi connectivity index (χ0) is 17.3. The van der Waals surface area contributed by atoms with Gasteiger partial charge in [0, 0.05) is 11.6 Å². The molecule has 1 aliphatic rings. The molecule has 0 radical (unpaired) electrons. The van der Waals surface area contributed by atoms with Crippen LogP contribution in [0.2, 0.25) is 5.02 Å². The van der Waals surface area contributed by atoms with Gasteiger partial charge in [-0.15, -0.1) is 0 Å². The predicted molar refractivity (Wildman–Crippen MR) is 89.8 cm³/mol. The average molecular weight is 343 g/mol. The molecule has 0 saturated carbocycles. The number of aryl methyl sites for hydroxylation is 1. The minimum atomic E-state index is -0.497. The Morgan fingerprint density at radius 3 is 2.54 bits per heavy atom. The normalized spacial score (nSPS) is 13.2. The molecule has 2 aromatic carbocycles. The molecule has 0 aliphatic carbocycles. The second-order valence-corrected chi connectivity index (χ2v) is 6.03. The Kier molecular flexibility index (Phi) is 4.36. The second-order valence-electron chi connectivity index (χ2n) is 5.59. The highest BCUT2D eigenvalue weighted by Gasteiger charge is 2.36. The van der Waals surface area contributed by atoms with E-state index >= 15 is 0 Å². The maximum absolute atomic E-state index is 12.3. The fourth-order valence-corrected chi connectivity index (χ4v) is 2.78. The summed E-state index contributed by atoms with van der Waals surface area (Å²) in [5.41, 5.74) is 2.56. The second kappa shape index (κ2) is 6.45. The third kappa shape index (κ3) is 3.03. The van der Waals surface area contributed by atoms with Crippen LogP contribution >= 0.6 is 11.6 Å². The molecule has 0 aromatic heterocycles. The summed E-state index contributed by atoms with van der Waals surface area (Å²) in [6.45, 7) is 1.99. The van der Waals surface area contributed by atoms with E-state index < -0.39 is 11.8 Å². The summed E-state index contributed by atoms with van der Waals surface area (Å²) in [5, 5.41) is 3.11. The first-order chi connectivity index (χ1) is 11.5. The number of benzene rings is 2. The number of hydrogen-bond acceptors (Lipinski definition) is 3. The van der Waals surface area contributed by atoms with Gasteiger partial charge in [0.05, 0.1) is 11.1 Å². The van der Waals surface area contributed by atoms with Crippen LogP contribution in [0, 0.1) is 6.92 Å². The third-order valence-electron chi connectivity index (χ3n) is 3.97. The number of halogens is 1. The Balaban J connectivity index is 1.66. The van der Waals surface area contributed by atoms with Crippen molar-refractivity contribution in [2.24, 2.45) is 0 Å². The van der Waals surface area contributed by atoms with E-state index in [2.05, 4.69) is 5.32 Å². The van der Waals surface area contributed by atoms with Gasteiger partial charge in [-0.05, 0) is 36.2 Å². The topological polar surface area (TPSA) is 66.5 Å². The number of carbonyl (C=O) groups is 3. The van der Waals surface area contributed by atoms with Crippen LogP contribution in [0.4, 0.5) is 0 Å². The van der Waals surface area contributed by atoms with E-state index in [9.17, 15) is 14.4 Å². The number of fused-ring (bicyclic) bond motifs is 1. The number of nitrogens with zero attached hydrogens (tertiary/aromatic N) is 1. The highest BCUT2D eigenvalue weighted by Crippen LogP contribution is 2.25. The molecule has 122 valence electrons. The van der Waals surface area contributed by atoms with Gasteiger partial charge in [0.2, 0.25) is 5.91 Å². The molecule has 1 heterocycles. The summed E-state index contributed by atoms with van der Waals surface area (Å²) in [5.74, 6) is -1.36. The van der Waals surface area contributed by atoms with Gasteiger partial charge in [0.1, 0.15) is 6.54 Å². The molecule has 0 saturated heterocycles. The lowest BCUT2D eigenvalue weighted by molar-refractivity contribution is -0.121. The number of imide groups is 1. The van der Waals surface area contributed by atoms with Crippen molar-refractivity contribution in [2.45, 2.75) is 13.5 Å². The Morgan fingerprint density at radius 2 is 1.79 bits per heavy atom. The van der Waals surface area contributed by atoms with Gasteiger partial charge in [-0.2, -0.15) is 0 Å². The molecule has 6 heteroatoms. The lowest BCUT2D eigenvalue weighted by atomic mass is 10.1. The molecule has 1 aliphatic heterocycles. The van der Waals surface area contributed by atoms with Crippen molar-refractivity contribution in [2.75, 3.05) is 6.54 Å². The lowest BCUT2D eigenvalue weighted by Gasteiger charge is -2.14. The summed E-state index contributed by atoms with van der Waals surface area (Å²) >= 11 is 5.86. The summed E-state index contributed by atoms with van der Waals surface area (Å²) in [6, 6.07) is 12.2. The summed E-state index contributed by atoms with van der Waals surface area (Å²) in [6.07, 6.45) is 0. The summed E-state index contributed by atoms with van der Waals surface area (Å²) in [4.78, 5) is 37.6. The van der Waals surface area contributed by atoms with Crippen molar-refractivity contribution < 1.29 is 14.4 Å². The van der Waals surface area contributed by atoms with Gasteiger partial charge in [-0.25, -0.2) is 0 Å². The van der Waals surface area contributed by atoms with Crippen LogP contribution in [0.3, 0.4) is 0 Å². The van der Waals surface area contributed by atoms with Crippen LogP contribution in [0.25, 0.3) is 0 Å². The fraction of sp³-hybridized carbons (Fsp3) is 0.167. The Hall–Kier alpha value is -2.66. The number of carbonyl (C=O) groups excluding carboxylic acids is 3. The maximum Gasteiger partial charge on any atom is 0.262 e. The zero-order valence-electron chi connectivity index (χ0n) is 13.0. The number of rotatable bonds is 4. The summed E-state index contributed by atoms with van der Waals surface area (Å²) in [7, 11) is 0. The average Bonchev–Trinajstić information content (AvgIpc) is 2.79. The summed E-state index contributed by atoms with van der Waals surface area (Å²) < 4.78 is 0. The molecule has 2 aromatic rings. The van der Waals surface area contributed by atoms with E-state index in [0.29, 0.717) is 11.6 Å². The molecular formula is C18H15ClN2O3. The van der Waals surface area contributed by atoms with E-state index in [4.69, 9.17) is 11.6 Å². The van der Waals surface area contributed by atoms with E-state index in [0.717, 1.165) is 16.0 Å². The SMILES string of the molecule is Cc1ccccc1CNC(=O)CN1C(=O)c2ccc(Cl)cc2C1=O. The van der Waals surface area contributed by atoms with Gasteiger partial charge >= 0.3 is 0 Å². The molecule has 24 heavy (non-hydrogen) atoms. The van der Waals surface area contributed by atoms with Gasteiger partial charge in [-0.1, -0.05) is 35.9 Å². The van der Waals surface area contributed by atoms with Crippen LogP contribution in [-0.2, 0) is 11.3 Å². The quantitative estimate of drug-likeness (QED) is 0.868. The Bertz CT molecular complexity index is 848. The Labute approximate surface area is 144 Å². The van der Waals surface area contributed by atoms with Crippen LogP contribution in [0.15, 0.2) is 42.5 Å². The lowest BCUT2D eigenvalue weighted by Crippen LogP contribution is -2.40. The first-order valence-corrected chi connectivity index (χ1v) is 7.82. The molecule has 0 bridgehead atoms. The molecule has 3 rings (SSSR count). The molecule has 0 atom stereocenters. The van der Waals surface area contributed by atoms with Crippen molar-refractivity contribution in [1.82, 2.24) is 10.2 Å². The smallest absolute Gasteiger partial charge is 0.262 e. The van der Waals surface area contributed by atoms with Crippen molar-refractivity contribution in [1.29, 1.82) is 0 Å². The van der Waals surface area contributed by atoms with Gasteiger partial charge < -0.3 is 5.32 Å². The van der Waals surface area contributed by atoms with Crippen molar-refractivity contribution in [3.8, 4) is 0 Å². The van der Waals surface area contributed by atoms with Crippen LogP contribution < -0.4 is 5.32 Å². The molecule has 0 fully saturated rings. The standard InChI is InChI=1S/C18H15ClN2O3/c1-11-4-2-3-5-12(11)9-20-16(22)10-21-17(23)14-7-6-13(19)8-15(14)18(21)24/h2-8H,9-10H2,1H3,(H,20,22). The van der Waals surface area contributed by atoms with Crippen LogP contribution in [0.5, 0.6) is 0 Å². The maximum atomic E-state index is 12.3. The minimum Gasteiger partial charge on any atom is -0.350 e. The van der Waals surface area contributed by atoms with E-state index in [1.165, 1.54) is 12.1 Å². The van der Waals surface area contributed by atoms with Crippen LogP contribution in [-0.4, -0.2) is 29.2 Å². The predicted octanol–water partition coefficient (Wildman–Crippen LogP) is 2.56. The first kappa shape index (κ1) is 16.2. The van der Waals surface area contributed by atoms with E-state index in [1.54, 1.807) is 6.07 Å². The first-order valence-electron chi connectivity index (χ1n) is 7.44. The third-order valence-corrected chi connectivity index (χ3v) is 4.21. The molecule has 3 amide bonds. The van der Waals surface area contributed by atoms with Crippen LogP contribution in [0.1, 0.15) is 31.8 Å². The Morgan fingerprint density at radius 1 is 1.08 bits per heavy atom. The van der Waals surface area contributed by atoms with E-state index in [-0.39, 0.29) is 23.6 Å². The number of hydrogen-bond donors (Lipinski definition) is 1. The number of amides is 3. The van der Waals surface area contributed by atoms with Crippen molar-refractivity contribution >= 4 is 29.3 Å². The number of nitrogens with one attached hydrogen (secondary N) is 1. The van der Waals surface area contributed by atoms with Gasteiger partial charge in [0.15, 0.2) is 0 Å². The fourth-order valence-electron chi connectivity index (χ4n) is 2.61. The highest BCUT2D eigenvalue weighted by atomic mass is 35.5. The minimum absolute atomic E-state index is 0.235. The molecular weight excluding hydrogens is 328 g/mol. The van der Waals surface area contributed by atoms with E-state index in [1.807, 2.05) is 31.2 Å². The zero-order valence-corrected chi connectivity index (χ0v) is 13.8. The van der Waals surface area contributed by atoms with Gasteiger partial charge in [0.25, 0.3) is 11.8 Å². The largest absolute Gasteiger partial charge is 0.350 e.